The normalized spacial score (nSPS) is 9.67. The summed E-state index contributed by atoms with van der Waals surface area (Å²) in [5, 5.41) is 0. The second-order valence-electron chi connectivity index (χ2n) is 7.90. The van der Waals surface area contributed by atoms with Crippen molar-refractivity contribution in [2.24, 2.45) is 0 Å². The van der Waals surface area contributed by atoms with Crippen LogP contribution in [0.5, 0.6) is 23.0 Å². The third-order valence-electron chi connectivity index (χ3n) is 4.54. The van der Waals surface area contributed by atoms with E-state index in [4.69, 9.17) is 18.9 Å². The summed E-state index contributed by atoms with van der Waals surface area (Å²) in [7, 11) is 0. The molecule has 0 aliphatic carbocycles. The molecule has 0 bridgehead atoms. The molecule has 0 aliphatic rings. The lowest BCUT2D eigenvalue weighted by molar-refractivity contribution is -0.133. The van der Waals surface area contributed by atoms with Gasteiger partial charge >= 0.3 is 23.9 Å². The summed E-state index contributed by atoms with van der Waals surface area (Å²) < 4.78 is 21.1. The summed E-state index contributed by atoms with van der Waals surface area (Å²) in [5.74, 6) is 10.7. The van der Waals surface area contributed by atoms with E-state index in [0.717, 1.165) is 0 Å². The number of rotatable bonds is 4. The molecular weight excluding hydrogens is 568 g/mol. The molecule has 0 saturated carbocycles. The molecule has 0 amide bonds. The highest BCUT2D eigenvalue weighted by atomic mass is 79.9. The molecule has 3 aromatic carbocycles. The predicted molar refractivity (Wildman–Crippen MR) is 144 cm³/mol. The van der Waals surface area contributed by atoms with Gasteiger partial charge in [-0.3, -0.25) is 19.2 Å². The van der Waals surface area contributed by atoms with Crippen LogP contribution in [0.25, 0.3) is 0 Å². The van der Waals surface area contributed by atoms with Crippen molar-refractivity contribution >= 4 is 39.8 Å². The lowest BCUT2D eigenvalue weighted by Crippen LogP contribution is -2.06. The van der Waals surface area contributed by atoms with Crippen LogP contribution in [-0.4, -0.2) is 23.9 Å². The molecule has 0 heterocycles. The van der Waals surface area contributed by atoms with Crippen LogP contribution in [-0.2, 0) is 19.2 Å². The van der Waals surface area contributed by atoms with Gasteiger partial charge in [0.05, 0.1) is 15.6 Å². The van der Waals surface area contributed by atoms with Gasteiger partial charge in [0.2, 0.25) is 0 Å². The van der Waals surface area contributed by atoms with Gasteiger partial charge in [-0.1, -0.05) is 29.7 Å². The molecule has 0 radical (unpaired) electrons. The Morgan fingerprint density at radius 2 is 1.13 bits per heavy atom. The van der Waals surface area contributed by atoms with Gasteiger partial charge in [-0.2, -0.15) is 0 Å². The molecule has 196 valence electrons. The number of carbonyl (C=O) groups excluding carboxylic acids is 4. The van der Waals surface area contributed by atoms with Crippen molar-refractivity contribution in [3.05, 3.63) is 81.3 Å². The molecule has 0 aliphatic heterocycles. The van der Waals surface area contributed by atoms with E-state index in [-0.39, 0.29) is 23.0 Å². The van der Waals surface area contributed by atoms with E-state index in [1.165, 1.54) is 58.0 Å². The average molecular weight is 589 g/mol. The highest BCUT2D eigenvalue weighted by Crippen LogP contribution is 2.34. The summed E-state index contributed by atoms with van der Waals surface area (Å²) in [6, 6.07) is 14.5. The standard InChI is InChI=1S/C30H21BrO8/c1-18(32)36-26-12-13-29(38-20(3)34)24(15-26)10-8-22-6-5-7-23(14-22)9-11-25-16-27(37-19(2)33)17-28(31)30(25)39-21(4)35/h5-7,12-17H,1-4H3. The Bertz CT molecular complexity index is 1600. The van der Waals surface area contributed by atoms with Crippen molar-refractivity contribution in [3.63, 3.8) is 0 Å². The number of ether oxygens (including phenoxy) is 4. The Hall–Kier alpha value is -4.86. The number of carbonyl (C=O) groups is 4. The molecule has 9 heteroatoms. The molecule has 0 saturated heterocycles. The summed E-state index contributed by atoms with van der Waals surface area (Å²) in [5.41, 5.74) is 1.86. The first-order valence-corrected chi connectivity index (χ1v) is 12.1. The first kappa shape index (κ1) is 28.7. The van der Waals surface area contributed by atoms with Gasteiger partial charge in [0.25, 0.3) is 0 Å². The predicted octanol–water partition coefficient (Wildman–Crippen LogP) is 4.95. The number of halogens is 1. The van der Waals surface area contributed by atoms with E-state index in [0.29, 0.717) is 26.7 Å². The minimum atomic E-state index is -0.540. The van der Waals surface area contributed by atoms with E-state index < -0.39 is 23.9 Å². The van der Waals surface area contributed by atoms with Crippen LogP contribution < -0.4 is 18.9 Å². The van der Waals surface area contributed by atoms with Gasteiger partial charge in [-0.25, -0.2) is 0 Å². The molecule has 0 spiro atoms. The summed E-state index contributed by atoms with van der Waals surface area (Å²) >= 11 is 3.32. The average Bonchev–Trinajstić information content (AvgIpc) is 2.83. The molecule has 3 rings (SSSR count). The smallest absolute Gasteiger partial charge is 0.308 e. The highest BCUT2D eigenvalue weighted by Gasteiger charge is 2.14. The van der Waals surface area contributed by atoms with Gasteiger partial charge in [0, 0.05) is 51.0 Å². The first-order valence-electron chi connectivity index (χ1n) is 11.4. The SMILES string of the molecule is CC(=O)Oc1ccc(OC(C)=O)c(C#Cc2cccc(C#Cc3cc(OC(C)=O)cc(Br)c3OC(C)=O)c2)c1. The van der Waals surface area contributed by atoms with E-state index in [1.54, 1.807) is 24.3 Å². The number of esters is 4. The van der Waals surface area contributed by atoms with Crippen LogP contribution in [0.1, 0.15) is 49.9 Å². The minimum absolute atomic E-state index is 0.188. The van der Waals surface area contributed by atoms with E-state index in [2.05, 4.69) is 39.6 Å². The molecule has 39 heavy (non-hydrogen) atoms. The fourth-order valence-corrected chi connectivity index (χ4v) is 3.69. The van der Waals surface area contributed by atoms with Crippen molar-refractivity contribution in [2.75, 3.05) is 0 Å². The summed E-state index contributed by atoms with van der Waals surface area (Å²) in [6.45, 7) is 5.08. The molecule has 0 atom stereocenters. The van der Waals surface area contributed by atoms with Crippen molar-refractivity contribution in [1.29, 1.82) is 0 Å². The van der Waals surface area contributed by atoms with Crippen molar-refractivity contribution in [3.8, 4) is 46.7 Å². The number of benzene rings is 3. The Morgan fingerprint density at radius 3 is 1.72 bits per heavy atom. The Labute approximate surface area is 233 Å². The second-order valence-corrected chi connectivity index (χ2v) is 8.75. The number of hydrogen-bond donors (Lipinski definition) is 0. The quantitative estimate of drug-likeness (QED) is 0.239. The second kappa shape index (κ2) is 13.1. The Kier molecular flexibility index (Phi) is 9.63. The summed E-state index contributed by atoms with van der Waals surface area (Å²) in [4.78, 5) is 45.8. The van der Waals surface area contributed by atoms with Crippen LogP contribution in [0, 0.1) is 23.7 Å². The van der Waals surface area contributed by atoms with Gasteiger partial charge in [-0.15, -0.1) is 0 Å². The fraction of sp³-hybridized carbons (Fsp3) is 0.133. The van der Waals surface area contributed by atoms with E-state index >= 15 is 0 Å². The maximum atomic E-state index is 11.6. The maximum absolute atomic E-state index is 11.6. The third-order valence-corrected chi connectivity index (χ3v) is 5.13. The van der Waals surface area contributed by atoms with Crippen LogP contribution in [0.15, 0.2) is 59.1 Å². The lowest BCUT2D eigenvalue weighted by Gasteiger charge is -2.09. The van der Waals surface area contributed by atoms with Gasteiger partial charge in [0.1, 0.15) is 17.2 Å². The van der Waals surface area contributed by atoms with Crippen LogP contribution >= 0.6 is 15.9 Å². The molecular formula is C30H21BrO8. The first-order chi connectivity index (χ1) is 18.5. The molecule has 0 N–H and O–H groups in total. The van der Waals surface area contributed by atoms with Crippen LogP contribution in [0.4, 0.5) is 0 Å². The molecule has 0 unspecified atom stereocenters. The minimum Gasteiger partial charge on any atom is -0.427 e. The molecule has 8 nitrogen and oxygen atoms in total. The summed E-state index contributed by atoms with van der Waals surface area (Å²) in [6.07, 6.45) is 0. The van der Waals surface area contributed by atoms with Gasteiger partial charge < -0.3 is 18.9 Å². The topological polar surface area (TPSA) is 105 Å². The van der Waals surface area contributed by atoms with Crippen molar-refractivity contribution in [1.82, 2.24) is 0 Å². The zero-order valence-corrected chi connectivity index (χ0v) is 22.9. The van der Waals surface area contributed by atoms with Crippen LogP contribution in [0.3, 0.4) is 0 Å². The Morgan fingerprint density at radius 1 is 0.590 bits per heavy atom. The monoisotopic (exact) mass is 588 g/mol. The van der Waals surface area contributed by atoms with E-state index in [9.17, 15) is 19.2 Å². The maximum Gasteiger partial charge on any atom is 0.308 e. The molecule has 3 aromatic rings. The molecule has 0 aromatic heterocycles. The number of hydrogen-bond acceptors (Lipinski definition) is 8. The Balaban J connectivity index is 1.98. The van der Waals surface area contributed by atoms with Gasteiger partial charge in [-0.05, 0) is 52.3 Å². The molecule has 0 fully saturated rings. The zero-order valence-electron chi connectivity index (χ0n) is 21.3. The third kappa shape index (κ3) is 8.89. The van der Waals surface area contributed by atoms with Gasteiger partial charge in [0.15, 0.2) is 5.75 Å². The fourth-order valence-electron chi connectivity index (χ4n) is 3.17. The lowest BCUT2D eigenvalue weighted by atomic mass is 10.1. The van der Waals surface area contributed by atoms with E-state index in [1.807, 2.05) is 0 Å². The van der Waals surface area contributed by atoms with Crippen LogP contribution in [0.2, 0.25) is 0 Å². The van der Waals surface area contributed by atoms with Crippen molar-refractivity contribution in [2.45, 2.75) is 27.7 Å². The van der Waals surface area contributed by atoms with Crippen molar-refractivity contribution < 1.29 is 38.1 Å². The zero-order chi connectivity index (χ0) is 28.5. The largest absolute Gasteiger partial charge is 0.427 e. The highest BCUT2D eigenvalue weighted by molar-refractivity contribution is 9.10.